The van der Waals surface area contributed by atoms with Gasteiger partial charge < -0.3 is 9.84 Å². The molecular weight excluding hydrogens is 454 g/mol. The van der Waals surface area contributed by atoms with Crippen LogP contribution in [0.1, 0.15) is 23.6 Å². The summed E-state index contributed by atoms with van der Waals surface area (Å²) in [6, 6.07) is 24.7. The first-order valence-corrected chi connectivity index (χ1v) is 10.7. The van der Waals surface area contributed by atoms with Crippen LogP contribution in [0.15, 0.2) is 101 Å². The minimum absolute atomic E-state index is 0.193. The van der Waals surface area contributed by atoms with E-state index in [-0.39, 0.29) is 5.76 Å². The zero-order valence-corrected chi connectivity index (χ0v) is 18.6. The first kappa shape index (κ1) is 20.9. The van der Waals surface area contributed by atoms with E-state index in [0.717, 1.165) is 15.6 Å². The number of allylic oxidation sites excluding steroid dienone is 1. The molecule has 1 unspecified atom stereocenters. The summed E-state index contributed by atoms with van der Waals surface area (Å²) in [6.07, 6.45) is 4.44. The van der Waals surface area contributed by atoms with E-state index < -0.39 is 11.9 Å². The zero-order valence-electron chi connectivity index (χ0n) is 17.0. The van der Waals surface area contributed by atoms with E-state index in [1.807, 2.05) is 91.0 Å². The Kier molecular flexibility index (Phi) is 6.23. The number of aliphatic hydroxyl groups is 1. The summed E-state index contributed by atoms with van der Waals surface area (Å²) in [5.41, 5.74) is 3.38. The Morgan fingerprint density at radius 1 is 1.00 bits per heavy atom. The number of anilines is 1. The van der Waals surface area contributed by atoms with Gasteiger partial charge in [-0.25, -0.2) is 0 Å². The lowest BCUT2D eigenvalue weighted by molar-refractivity contribution is -0.117. The van der Waals surface area contributed by atoms with Crippen molar-refractivity contribution in [2.45, 2.75) is 12.5 Å². The quantitative estimate of drug-likeness (QED) is 0.444. The van der Waals surface area contributed by atoms with Crippen molar-refractivity contribution in [3.05, 3.63) is 112 Å². The van der Waals surface area contributed by atoms with Crippen molar-refractivity contribution in [3.63, 3.8) is 0 Å². The summed E-state index contributed by atoms with van der Waals surface area (Å²) in [5, 5.41) is 10.8. The zero-order chi connectivity index (χ0) is 21.8. The van der Waals surface area contributed by atoms with Crippen molar-refractivity contribution in [3.8, 4) is 5.75 Å². The van der Waals surface area contributed by atoms with Crippen LogP contribution >= 0.6 is 15.9 Å². The van der Waals surface area contributed by atoms with Crippen molar-refractivity contribution < 1.29 is 14.6 Å². The molecule has 0 radical (unpaired) electrons. The number of rotatable bonds is 6. The number of hydrogen-bond acceptors (Lipinski definition) is 3. The van der Waals surface area contributed by atoms with Gasteiger partial charge in [0, 0.05) is 15.7 Å². The second-order valence-electron chi connectivity index (χ2n) is 7.22. The van der Waals surface area contributed by atoms with E-state index in [2.05, 4.69) is 15.9 Å². The van der Waals surface area contributed by atoms with Crippen molar-refractivity contribution in [2.24, 2.45) is 0 Å². The minimum atomic E-state index is -0.402. The Bertz CT molecular complexity index is 1120. The van der Waals surface area contributed by atoms with Crippen LogP contribution in [-0.2, 0) is 4.79 Å². The summed E-state index contributed by atoms with van der Waals surface area (Å²) in [6.45, 7) is 0. The van der Waals surface area contributed by atoms with Gasteiger partial charge in [0.05, 0.1) is 13.2 Å². The average Bonchev–Trinajstić information content (AvgIpc) is 3.05. The van der Waals surface area contributed by atoms with Crippen LogP contribution < -0.4 is 9.64 Å². The van der Waals surface area contributed by atoms with Crippen LogP contribution in [0.5, 0.6) is 5.75 Å². The molecule has 3 aromatic carbocycles. The first-order valence-electron chi connectivity index (χ1n) is 9.95. The van der Waals surface area contributed by atoms with Crippen LogP contribution in [-0.4, -0.2) is 18.1 Å². The molecule has 0 bridgehead atoms. The Labute approximate surface area is 190 Å². The van der Waals surface area contributed by atoms with Crippen LogP contribution in [0.25, 0.3) is 6.08 Å². The van der Waals surface area contributed by atoms with Gasteiger partial charge in [0.25, 0.3) is 5.91 Å². The van der Waals surface area contributed by atoms with Gasteiger partial charge in [0.1, 0.15) is 5.75 Å². The third-order valence-electron chi connectivity index (χ3n) is 5.30. The topological polar surface area (TPSA) is 49.8 Å². The van der Waals surface area contributed by atoms with E-state index in [4.69, 9.17) is 4.74 Å². The molecule has 1 atom stereocenters. The van der Waals surface area contributed by atoms with Crippen LogP contribution in [0.2, 0.25) is 0 Å². The van der Waals surface area contributed by atoms with Gasteiger partial charge >= 0.3 is 0 Å². The third-order valence-corrected chi connectivity index (χ3v) is 5.83. The van der Waals surface area contributed by atoms with E-state index in [1.54, 1.807) is 12.0 Å². The fraction of sp³-hybridized carbons (Fsp3) is 0.115. The van der Waals surface area contributed by atoms with Gasteiger partial charge in [-0.3, -0.25) is 9.69 Å². The second kappa shape index (κ2) is 9.23. The Morgan fingerprint density at radius 3 is 2.32 bits per heavy atom. The highest BCUT2D eigenvalue weighted by molar-refractivity contribution is 9.10. The van der Waals surface area contributed by atoms with Crippen molar-refractivity contribution >= 4 is 33.6 Å². The highest BCUT2D eigenvalue weighted by Gasteiger charge is 2.40. The second-order valence-corrected chi connectivity index (χ2v) is 8.13. The molecule has 156 valence electrons. The molecular formula is C26H22BrNO3. The molecule has 0 spiro atoms. The van der Waals surface area contributed by atoms with Crippen LogP contribution in [0.4, 0.5) is 5.69 Å². The predicted octanol–water partition coefficient (Wildman–Crippen LogP) is 6.46. The molecule has 31 heavy (non-hydrogen) atoms. The normalized spacial score (nSPS) is 16.4. The molecule has 0 saturated carbocycles. The molecule has 3 aromatic rings. The number of carbonyl (C=O) groups is 1. The minimum Gasteiger partial charge on any atom is -0.503 e. The number of benzene rings is 3. The molecule has 1 aliphatic heterocycles. The van der Waals surface area contributed by atoms with Gasteiger partial charge in [-0.1, -0.05) is 70.5 Å². The molecule has 1 heterocycles. The molecule has 0 fully saturated rings. The van der Waals surface area contributed by atoms with Gasteiger partial charge in [-0.2, -0.15) is 0 Å². The van der Waals surface area contributed by atoms with Crippen LogP contribution in [0, 0.1) is 0 Å². The van der Waals surface area contributed by atoms with E-state index in [0.29, 0.717) is 23.4 Å². The number of aliphatic hydroxyl groups excluding tert-OH is 1. The van der Waals surface area contributed by atoms with Crippen molar-refractivity contribution in [2.75, 3.05) is 12.0 Å². The number of ether oxygens (including phenoxy) is 1. The largest absolute Gasteiger partial charge is 0.503 e. The third kappa shape index (κ3) is 4.42. The molecule has 1 N–H and O–H groups in total. The van der Waals surface area contributed by atoms with E-state index in [9.17, 15) is 9.90 Å². The van der Waals surface area contributed by atoms with Crippen LogP contribution in [0.3, 0.4) is 0 Å². The fourth-order valence-electron chi connectivity index (χ4n) is 3.75. The summed E-state index contributed by atoms with van der Waals surface area (Å²) in [5.74, 6) is 0.112. The Morgan fingerprint density at radius 2 is 1.68 bits per heavy atom. The monoisotopic (exact) mass is 475 g/mol. The van der Waals surface area contributed by atoms with E-state index >= 15 is 0 Å². The lowest BCUT2D eigenvalue weighted by atomic mass is 9.96. The Hall–Kier alpha value is -3.31. The first-order chi connectivity index (χ1) is 15.1. The molecule has 1 aliphatic rings. The number of nitrogens with zero attached hydrogens (tertiary/aromatic N) is 1. The Balaban J connectivity index is 1.71. The number of hydrogen-bond donors (Lipinski definition) is 1. The maximum atomic E-state index is 13.1. The maximum Gasteiger partial charge on any atom is 0.293 e. The molecule has 0 saturated heterocycles. The standard InChI is InChI=1S/C26H22BrNO3/c1-31-22-16-14-21(15-17-22)28-24(19-10-12-20(27)13-11-19)23(25(29)26(28)30)9-5-8-18-6-3-2-4-7-18/h2-8,10-17,24,29H,9H2,1H3. The lowest BCUT2D eigenvalue weighted by Crippen LogP contribution is -2.30. The summed E-state index contributed by atoms with van der Waals surface area (Å²) < 4.78 is 6.20. The number of carbonyl (C=O) groups excluding carboxylic acids is 1. The molecule has 4 rings (SSSR count). The fourth-order valence-corrected chi connectivity index (χ4v) is 4.02. The average molecular weight is 476 g/mol. The van der Waals surface area contributed by atoms with Gasteiger partial charge in [0.2, 0.25) is 0 Å². The highest BCUT2D eigenvalue weighted by atomic mass is 79.9. The van der Waals surface area contributed by atoms with Crippen molar-refractivity contribution in [1.82, 2.24) is 0 Å². The van der Waals surface area contributed by atoms with Gasteiger partial charge in [-0.05, 0) is 53.9 Å². The van der Waals surface area contributed by atoms with Crippen molar-refractivity contribution in [1.29, 1.82) is 0 Å². The molecule has 5 heteroatoms. The molecule has 0 aromatic heterocycles. The van der Waals surface area contributed by atoms with Gasteiger partial charge in [0.15, 0.2) is 5.76 Å². The summed E-state index contributed by atoms with van der Waals surface area (Å²) >= 11 is 3.47. The molecule has 1 amide bonds. The molecule has 0 aliphatic carbocycles. The SMILES string of the molecule is COc1ccc(N2C(=O)C(O)=C(CC=Cc3ccccc3)C2c2ccc(Br)cc2)cc1. The maximum absolute atomic E-state index is 13.1. The number of methoxy groups -OCH3 is 1. The number of halogens is 1. The van der Waals surface area contributed by atoms with Gasteiger partial charge in [-0.15, -0.1) is 0 Å². The summed E-state index contributed by atoms with van der Waals surface area (Å²) in [7, 11) is 1.60. The van der Waals surface area contributed by atoms with E-state index in [1.165, 1.54) is 0 Å². The summed E-state index contributed by atoms with van der Waals surface area (Å²) in [4.78, 5) is 14.8. The number of amides is 1. The molecule has 4 nitrogen and oxygen atoms in total. The lowest BCUT2D eigenvalue weighted by Gasteiger charge is -2.27. The smallest absolute Gasteiger partial charge is 0.293 e. The highest BCUT2D eigenvalue weighted by Crippen LogP contribution is 2.42. The predicted molar refractivity (Wildman–Crippen MR) is 127 cm³/mol.